The maximum Gasteiger partial charge on any atom is 0.189 e. The Balaban J connectivity index is 0.00000128. The number of nitrogens with one attached hydrogen (secondary N) is 1. The van der Waals surface area contributed by atoms with Crippen molar-refractivity contribution in [2.45, 2.75) is 64.0 Å². The maximum absolute atomic E-state index is 5.89. The Labute approximate surface area is 116 Å². The molecule has 0 radical (unpaired) electrons. The summed E-state index contributed by atoms with van der Waals surface area (Å²) in [6.45, 7) is 2.24. The zero-order valence-corrected chi connectivity index (χ0v) is 12.4. The minimum absolute atomic E-state index is 0. The third-order valence-corrected chi connectivity index (χ3v) is 3.56. The van der Waals surface area contributed by atoms with Crippen LogP contribution in [0, 0.1) is 5.92 Å². The Morgan fingerprint density at radius 1 is 1.38 bits per heavy atom. The van der Waals surface area contributed by atoms with E-state index in [0.29, 0.717) is 18.0 Å². The van der Waals surface area contributed by atoms with Gasteiger partial charge in [-0.2, -0.15) is 0 Å². The van der Waals surface area contributed by atoms with Crippen molar-refractivity contribution in [1.82, 2.24) is 5.32 Å². The second kappa shape index (κ2) is 6.67. The standard InChI is InChI=1S/C12H23N3.HI/c1-2-5-9-8-11(9)15-12(13)14-10-6-3-4-7-10;/h9-11H,2-8H2,1H3,(H3,13,14,15);1H/t9-,11-;/m1./s1. The molecule has 0 aliphatic heterocycles. The van der Waals surface area contributed by atoms with Crippen LogP contribution in [-0.2, 0) is 0 Å². The predicted molar refractivity (Wildman–Crippen MR) is 79.2 cm³/mol. The van der Waals surface area contributed by atoms with Crippen LogP contribution in [0.15, 0.2) is 4.99 Å². The summed E-state index contributed by atoms with van der Waals surface area (Å²) in [7, 11) is 0. The first-order valence-corrected chi connectivity index (χ1v) is 6.39. The highest BCUT2D eigenvalue weighted by atomic mass is 127. The fourth-order valence-corrected chi connectivity index (χ4v) is 2.57. The van der Waals surface area contributed by atoms with E-state index in [4.69, 9.17) is 5.73 Å². The Hall–Kier alpha value is 0. The summed E-state index contributed by atoms with van der Waals surface area (Å²) >= 11 is 0. The monoisotopic (exact) mass is 337 g/mol. The van der Waals surface area contributed by atoms with Crippen molar-refractivity contribution in [3.63, 3.8) is 0 Å². The number of guanidine groups is 1. The van der Waals surface area contributed by atoms with E-state index in [9.17, 15) is 0 Å². The first kappa shape index (κ1) is 14.1. The van der Waals surface area contributed by atoms with Gasteiger partial charge >= 0.3 is 0 Å². The largest absolute Gasteiger partial charge is 0.370 e. The number of nitrogens with two attached hydrogens (primary N) is 1. The number of nitrogens with zero attached hydrogens (tertiary/aromatic N) is 1. The van der Waals surface area contributed by atoms with Crippen LogP contribution in [0.2, 0.25) is 0 Å². The van der Waals surface area contributed by atoms with Crippen LogP contribution in [-0.4, -0.2) is 18.0 Å². The van der Waals surface area contributed by atoms with Gasteiger partial charge in [0.15, 0.2) is 5.96 Å². The molecule has 2 aliphatic rings. The summed E-state index contributed by atoms with van der Waals surface area (Å²) in [6.07, 6.45) is 9.04. The molecule has 2 rings (SSSR count). The van der Waals surface area contributed by atoms with E-state index in [-0.39, 0.29) is 24.0 Å². The molecule has 2 saturated carbocycles. The van der Waals surface area contributed by atoms with Crippen molar-refractivity contribution < 1.29 is 0 Å². The number of rotatable bonds is 4. The Kier molecular flexibility index (Phi) is 5.86. The minimum atomic E-state index is 0. The quantitative estimate of drug-likeness (QED) is 0.471. The van der Waals surface area contributed by atoms with E-state index in [2.05, 4.69) is 17.2 Å². The summed E-state index contributed by atoms with van der Waals surface area (Å²) in [5.74, 6) is 1.50. The molecule has 0 spiro atoms. The highest BCUT2D eigenvalue weighted by Gasteiger charge is 2.36. The fourth-order valence-electron chi connectivity index (χ4n) is 2.57. The maximum atomic E-state index is 5.89. The first-order valence-electron chi connectivity index (χ1n) is 6.39. The molecule has 3 N–H and O–H groups in total. The zero-order chi connectivity index (χ0) is 10.7. The third-order valence-electron chi connectivity index (χ3n) is 3.56. The van der Waals surface area contributed by atoms with E-state index in [1.54, 1.807) is 0 Å². The molecule has 2 aliphatic carbocycles. The summed E-state index contributed by atoms with van der Waals surface area (Å²) in [6, 6.07) is 1.12. The van der Waals surface area contributed by atoms with Gasteiger partial charge in [0.25, 0.3) is 0 Å². The van der Waals surface area contributed by atoms with Gasteiger partial charge in [0.05, 0.1) is 6.04 Å². The molecular formula is C12H24IN3. The normalized spacial score (nSPS) is 29.9. The number of aliphatic imine (C=N–C) groups is 1. The molecule has 0 unspecified atom stereocenters. The van der Waals surface area contributed by atoms with E-state index in [1.807, 2.05) is 0 Å². The molecule has 0 bridgehead atoms. The zero-order valence-electron chi connectivity index (χ0n) is 10.1. The van der Waals surface area contributed by atoms with Crippen LogP contribution in [0.3, 0.4) is 0 Å². The first-order chi connectivity index (χ1) is 7.29. The van der Waals surface area contributed by atoms with Gasteiger partial charge in [-0.15, -0.1) is 24.0 Å². The predicted octanol–water partition coefficient (Wildman–Crippen LogP) is 2.64. The van der Waals surface area contributed by atoms with Crippen molar-refractivity contribution >= 4 is 29.9 Å². The minimum Gasteiger partial charge on any atom is -0.370 e. The van der Waals surface area contributed by atoms with Gasteiger partial charge in [0.1, 0.15) is 0 Å². The van der Waals surface area contributed by atoms with Gasteiger partial charge in [-0.3, -0.25) is 0 Å². The molecule has 0 aromatic rings. The molecular weight excluding hydrogens is 313 g/mol. The fraction of sp³-hybridized carbons (Fsp3) is 0.917. The lowest BCUT2D eigenvalue weighted by Crippen LogP contribution is -2.38. The molecule has 94 valence electrons. The summed E-state index contributed by atoms with van der Waals surface area (Å²) in [5.41, 5.74) is 5.89. The Bertz CT molecular complexity index is 236. The molecule has 4 heteroatoms. The molecule has 3 nitrogen and oxygen atoms in total. The molecule has 0 heterocycles. The molecule has 0 aromatic carbocycles. The van der Waals surface area contributed by atoms with Gasteiger partial charge < -0.3 is 11.1 Å². The second-order valence-electron chi connectivity index (χ2n) is 4.99. The van der Waals surface area contributed by atoms with Gasteiger partial charge in [-0.25, -0.2) is 4.99 Å². The number of hydrogen-bond acceptors (Lipinski definition) is 1. The topological polar surface area (TPSA) is 50.4 Å². The van der Waals surface area contributed by atoms with Crippen LogP contribution in [0.25, 0.3) is 0 Å². The Morgan fingerprint density at radius 2 is 2.06 bits per heavy atom. The van der Waals surface area contributed by atoms with Gasteiger partial charge in [0, 0.05) is 6.04 Å². The average Bonchev–Trinajstić information content (AvgIpc) is 2.73. The average molecular weight is 337 g/mol. The van der Waals surface area contributed by atoms with Crippen molar-refractivity contribution in [1.29, 1.82) is 0 Å². The Morgan fingerprint density at radius 3 is 2.69 bits per heavy atom. The van der Waals surface area contributed by atoms with Crippen molar-refractivity contribution in [3.05, 3.63) is 0 Å². The van der Waals surface area contributed by atoms with Crippen molar-refractivity contribution in [3.8, 4) is 0 Å². The summed E-state index contributed by atoms with van der Waals surface area (Å²) < 4.78 is 0. The lowest BCUT2D eigenvalue weighted by Gasteiger charge is -2.12. The van der Waals surface area contributed by atoms with Crippen LogP contribution in [0.4, 0.5) is 0 Å². The number of hydrogen-bond donors (Lipinski definition) is 2. The van der Waals surface area contributed by atoms with E-state index in [1.165, 1.54) is 44.9 Å². The molecule has 16 heavy (non-hydrogen) atoms. The van der Waals surface area contributed by atoms with E-state index >= 15 is 0 Å². The van der Waals surface area contributed by atoms with Crippen LogP contribution in [0.1, 0.15) is 51.9 Å². The van der Waals surface area contributed by atoms with Gasteiger partial charge in [-0.1, -0.05) is 26.2 Å². The van der Waals surface area contributed by atoms with Gasteiger partial charge in [-0.05, 0) is 31.6 Å². The van der Waals surface area contributed by atoms with Crippen LogP contribution >= 0.6 is 24.0 Å². The lowest BCUT2D eigenvalue weighted by molar-refractivity contribution is 0.622. The molecule has 0 saturated heterocycles. The van der Waals surface area contributed by atoms with E-state index < -0.39 is 0 Å². The van der Waals surface area contributed by atoms with Crippen molar-refractivity contribution in [2.75, 3.05) is 0 Å². The van der Waals surface area contributed by atoms with Crippen molar-refractivity contribution in [2.24, 2.45) is 16.6 Å². The highest BCUT2D eigenvalue weighted by Crippen LogP contribution is 2.37. The van der Waals surface area contributed by atoms with Crippen LogP contribution < -0.4 is 11.1 Å². The van der Waals surface area contributed by atoms with E-state index in [0.717, 1.165) is 5.92 Å². The summed E-state index contributed by atoms with van der Waals surface area (Å²) in [5, 5.41) is 3.34. The highest BCUT2D eigenvalue weighted by molar-refractivity contribution is 14.0. The third kappa shape index (κ3) is 4.11. The smallest absolute Gasteiger partial charge is 0.189 e. The molecule has 2 atom stereocenters. The molecule has 0 aromatic heterocycles. The lowest BCUT2D eigenvalue weighted by atomic mass is 10.2. The second-order valence-corrected chi connectivity index (χ2v) is 4.99. The SMILES string of the molecule is CCC[C@@H]1C[C@H]1N=C(N)NC1CCCC1.I. The number of halogens is 1. The molecule has 0 amide bonds. The van der Waals surface area contributed by atoms with Gasteiger partial charge in [0.2, 0.25) is 0 Å². The van der Waals surface area contributed by atoms with Crippen LogP contribution in [0.5, 0.6) is 0 Å². The molecule has 2 fully saturated rings. The summed E-state index contributed by atoms with van der Waals surface area (Å²) in [4.78, 5) is 4.54.